The molecular weight excluding hydrogens is 260 g/mol. The van der Waals surface area contributed by atoms with Gasteiger partial charge >= 0.3 is 0 Å². The van der Waals surface area contributed by atoms with E-state index in [-0.39, 0.29) is 17.8 Å². The first-order valence-electron chi connectivity index (χ1n) is 6.47. The maximum atomic E-state index is 13.5. The van der Waals surface area contributed by atoms with Gasteiger partial charge in [0.1, 0.15) is 11.6 Å². The molecule has 4 heteroatoms. The lowest BCUT2D eigenvalue weighted by Gasteiger charge is -2.06. The van der Waals surface area contributed by atoms with Crippen molar-refractivity contribution in [3.63, 3.8) is 0 Å². The first kappa shape index (κ1) is 12.8. The molecule has 0 aliphatic carbocycles. The van der Waals surface area contributed by atoms with Gasteiger partial charge in [0.05, 0.1) is 0 Å². The van der Waals surface area contributed by atoms with Crippen molar-refractivity contribution in [2.75, 3.05) is 11.9 Å². The van der Waals surface area contributed by atoms with Gasteiger partial charge in [-0.1, -0.05) is 12.1 Å². The number of benzene rings is 2. The number of halogens is 2. The fourth-order valence-corrected chi connectivity index (χ4v) is 2.42. The molecule has 1 heterocycles. The number of hydrogen-bond donors (Lipinski definition) is 1. The number of ketones is 1. The predicted molar refractivity (Wildman–Crippen MR) is 73.0 cm³/mol. The molecule has 2 nitrogen and oxygen atoms in total. The number of hydrogen-bond acceptors (Lipinski definition) is 2. The van der Waals surface area contributed by atoms with E-state index in [1.54, 1.807) is 12.1 Å². The number of nitrogens with one attached hydrogen (secondary N) is 1. The van der Waals surface area contributed by atoms with E-state index >= 15 is 0 Å². The molecule has 0 saturated heterocycles. The molecule has 0 aromatic heterocycles. The topological polar surface area (TPSA) is 29.1 Å². The third-order valence-corrected chi connectivity index (χ3v) is 3.50. The third kappa shape index (κ3) is 2.41. The highest BCUT2D eigenvalue weighted by Gasteiger charge is 2.15. The highest BCUT2D eigenvalue weighted by molar-refractivity contribution is 5.98. The van der Waals surface area contributed by atoms with E-state index in [0.717, 1.165) is 36.9 Å². The highest BCUT2D eigenvalue weighted by Crippen LogP contribution is 2.24. The van der Waals surface area contributed by atoms with E-state index in [0.29, 0.717) is 5.56 Å². The molecule has 2 aromatic carbocycles. The molecule has 1 aliphatic heterocycles. The van der Waals surface area contributed by atoms with E-state index in [1.165, 1.54) is 5.56 Å². The number of Topliss-reactive ketones (excluding diaryl/α,β-unsaturated/α-hetero) is 1. The van der Waals surface area contributed by atoms with Gasteiger partial charge in [-0.05, 0) is 41.8 Å². The zero-order valence-corrected chi connectivity index (χ0v) is 10.7. The monoisotopic (exact) mass is 273 g/mol. The number of anilines is 1. The Labute approximate surface area is 115 Å². The van der Waals surface area contributed by atoms with Gasteiger partial charge in [-0.3, -0.25) is 4.79 Å². The third-order valence-electron chi connectivity index (χ3n) is 3.50. The minimum absolute atomic E-state index is 0.0865. The van der Waals surface area contributed by atoms with Crippen LogP contribution in [-0.4, -0.2) is 12.3 Å². The zero-order chi connectivity index (χ0) is 14.1. The highest BCUT2D eigenvalue weighted by atomic mass is 19.1. The molecular formula is C16H13F2NO. The molecule has 0 bridgehead atoms. The van der Waals surface area contributed by atoms with Crippen LogP contribution in [-0.2, 0) is 12.8 Å². The second-order valence-corrected chi connectivity index (χ2v) is 4.88. The maximum Gasteiger partial charge on any atom is 0.167 e. The SMILES string of the molecule is O=C(Cc1cc(F)ccc1F)c1ccc2c(c1)NCC2. The molecule has 0 atom stereocenters. The van der Waals surface area contributed by atoms with Crippen LogP contribution in [0.15, 0.2) is 36.4 Å². The summed E-state index contributed by atoms with van der Waals surface area (Å²) in [6, 6.07) is 8.58. The van der Waals surface area contributed by atoms with Crippen molar-refractivity contribution in [1.29, 1.82) is 0 Å². The van der Waals surface area contributed by atoms with Crippen LogP contribution >= 0.6 is 0 Å². The lowest BCUT2D eigenvalue weighted by molar-refractivity contribution is 0.0992. The first-order valence-corrected chi connectivity index (χ1v) is 6.47. The van der Waals surface area contributed by atoms with Crippen molar-refractivity contribution >= 4 is 11.5 Å². The summed E-state index contributed by atoms with van der Waals surface area (Å²) in [6.07, 6.45) is 0.810. The fraction of sp³-hybridized carbons (Fsp3) is 0.188. The summed E-state index contributed by atoms with van der Waals surface area (Å²) >= 11 is 0. The molecule has 20 heavy (non-hydrogen) atoms. The first-order chi connectivity index (χ1) is 9.63. The Hall–Kier alpha value is -2.23. The standard InChI is InChI=1S/C16H13F2NO/c17-13-3-4-14(18)12(7-13)9-16(20)11-2-1-10-5-6-19-15(10)8-11/h1-4,7-8,19H,5-6,9H2. The van der Waals surface area contributed by atoms with Crippen molar-refractivity contribution in [2.45, 2.75) is 12.8 Å². The van der Waals surface area contributed by atoms with Gasteiger partial charge in [-0.15, -0.1) is 0 Å². The Kier molecular flexibility index (Phi) is 3.22. The molecule has 0 fully saturated rings. The number of rotatable bonds is 3. The molecule has 0 unspecified atom stereocenters. The fourth-order valence-electron chi connectivity index (χ4n) is 2.42. The number of carbonyl (C=O) groups excluding carboxylic acids is 1. The van der Waals surface area contributed by atoms with Crippen LogP contribution in [0.3, 0.4) is 0 Å². The van der Waals surface area contributed by atoms with Gasteiger partial charge in [0, 0.05) is 24.2 Å². The zero-order valence-electron chi connectivity index (χ0n) is 10.7. The Morgan fingerprint density at radius 1 is 1.15 bits per heavy atom. The molecule has 1 aliphatic rings. The largest absolute Gasteiger partial charge is 0.384 e. The minimum atomic E-state index is -0.556. The number of fused-ring (bicyclic) bond motifs is 1. The Morgan fingerprint density at radius 2 is 2.00 bits per heavy atom. The van der Waals surface area contributed by atoms with E-state index in [4.69, 9.17) is 0 Å². The van der Waals surface area contributed by atoms with Gasteiger partial charge in [0.2, 0.25) is 0 Å². The van der Waals surface area contributed by atoms with Crippen LogP contribution in [0, 0.1) is 11.6 Å². The second kappa shape index (κ2) is 5.04. The molecule has 102 valence electrons. The molecule has 2 aromatic rings. The van der Waals surface area contributed by atoms with E-state index in [9.17, 15) is 13.6 Å². The summed E-state index contributed by atoms with van der Waals surface area (Å²) in [5.41, 5.74) is 2.74. The lowest BCUT2D eigenvalue weighted by Crippen LogP contribution is -2.06. The van der Waals surface area contributed by atoms with Crippen molar-refractivity contribution in [1.82, 2.24) is 0 Å². The quantitative estimate of drug-likeness (QED) is 0.869. The van der Waals surface area contributed by atoms with E-state index in [1.807, 2.05) is 6.07 Å². The van der Waals surface area contributed by atoms with Gasteiger partial charge in [-0.25, -0.2) is 8.78 Å². The predicted octanol–water partition coefficient (Wildman–Crippen LogP) is 3.36. The summed E-state index contributed by atoms with van der Waals surface area (Å²) in [5, 5.41) is 3.19. The summed E-state index contributed by atoms with van der Waals surface area (Å²) in [7, 11) is 0. The lowest BCUT2D eigenvalue weighted by atomic mass is 10.0. The van der Waals surface area contributed by atoms with Crippen LogP contribution in [0.4, 0.5) is 14.5 Å². The molecule has 0 radical (unpaired) electrons. The average molecular weight is 273 g/mol. The van der Waals surface area contributed by atoms with Crippen LogP contribution in [0.2, 0.25) is 0 Å². The van der Waals surface area contributed by atoms with Crippen molar-refractivity contribution in [3.05, 3.63) is 64.7 Å². The van der Waals surface area contributed by atoms with Crippen LogP contribution in [0.5, 0.6) is 0 Å². The van der Waals surface area contributed by atoms with Crippen LogP contribution in [0.1, 0.15) is 21.5 Å². The minimum Gasteiger partial charge on any atom is -0.384 e. The molecule has 0 saturated carbocycles. The van der Waals surface area contributed by atoms with Crippen molar-refractivity contribution in [2.24, 2.45) is 0 Å². The Morgan fingerprint density at radius 3 is 2.85 bits per heavy atom. The van der Waals surface area contributed by atoms with Crippen LogP contribution in [0.25, 0.3) is 0 Å². The summed E-state index contributed by atoms with van der Waals surface area (Å²) in [6.45, 7) is 0.867. The molecule has 3 rings (SSSR count). The van der Waals surface area contributed by atoms with Crippen molar-refractivity contribution in [3.8, 4) is 0 Å². The Bertz CT molecular complexity index is 682. The van der Waals surface area contributed by atoms with E-state index in [2.05, 4.69) is 5.32 Å². The smallest absolute Gasteiger partial charge is 0.167 e. The summed E-state index contributed by atoms with van der Waals surface area (Å²) in [4.78, 5) is 12.2. The molecule has 0 amide bonds. The van der Waals surface area contributed by atoms with E-state index < -0.39 is 11.6 Å². The Balaban J connectivity index is 1.84. The van der Waals surface area contributed by atoms with Gasteiger partial charge in [0.15, 0.2) is 5.78 Å². The summed E-state index contributed by atoms with van der Waals surface area (Å²) in [5.74, 6) is -1.31. The van der Waals surface area contributed by atoms with Gasteiger partial charge in [-0.2, -0.15) is 0 Å². The van der Waals surface area contributed by atoms with Crippen molar-refractivity contribution < 1.29 is 13.6 Å². The summed E-state index contributed by atoms with van der Waals surface area (Å²) < 4.78 is 26.6. The average Bonchev–Trinajstić information content (AvgIpc) is 2.90. The van der Waals surface area contributed by atoms with Gasteiger partial charge < -0.3 is 5.32 Å². The molecule has 0 spiro atoms. The number of carbonyl (C=O) groups is 1. The molecule has 1 N–H and O–H groups in total. The van der Waals surface area contributed by atoms with Crippen LogP contribution < -0.4 is 5.32 Å². The van der Waals surface area contributed by atoms with Gasteiger partial charge in [0.25, 0.3) is 0 Å². The normalized spacial score (nSPS) is 12.9. The second-order valence-electron chi connectivity index (χ2n) is 4.88. The maximum absolute atomic E-state index is 13.5.